The molecule has 2 aromatic heterocycles. The molecular weight excluding hydrogens is 444 g/mol. The Morgan fingerprint density at radius 3 is 2.66 bits per heavy atom. The van der Waals surface area contributed by atoms with E-state index in [4.69, 9.17) is 20.4 Å². The molecule has 0 fully saturated rings. The third kappa shape index (κ3) is 5.18. The number of carbonyl (C=O) groups excluding carboxylic acids is 1. The zero-order chi connectivity index (χ0) is 24.8. The molecule has 0 aliphatic rings. The van der Waals surface area contributed by atoms with E-state index in [-0.39, 0.29) is 23.0 Å². The fourth-order valence-electron chi connectivity index (χ4n) is 3.84. The molecule has 0 atom stereocenters. The third-order valence-corrected chi connectivity index (χ3v) is 5.62. The summed E-state index contributed by atoms with van der Waals surface area (Å²) in [6.07, 6.45) is 5.78. The molecule has 4 aromatic rings. The Balaban J connectivity index is 1.74. The van der Waals surface area contributed by atoms with Gasteiger partial charge in [-0.3, -0.25) is 4.79 Å². The van der Waals surface area contributed by atoms with Crippen molar-refractivity contribution in [3.63, 3.8) is 0 Å². The number of unbranched alkanes of at least 4 members (excludes halogenated alkanes) is 3. The number of phenolic OH excluding ortho intramolecular Hbond substituents is 1. The van der Waals surface area contributed by atoms with Gasteiger partial charge in [0.05, 0.1) is 23.9 Å². The van der Waals surface area contributed by atoms with Crippen LogP contribution < -0.4 is 15.8 Å². The zero-order valence-electron chi connectivity index (χ0n) is 20.0. The van der Waals surface area contributed by atoms with Crippen LogP contribution in [0, 0.1) is 0 Å². The van der Waals surface area contributed by atoms with Crippen molar-refractivity contribution in [1.29, 1.82) is 0 Å². The molecule has 0 radical (unpaired) electrons. The second-order valence-electron chi connectivity index (χ2n) is 8.18. The number of amides is 1. The fourth-order valence-corrected chi connectivity index (χ4v) is 3.84. The Kier molecular flexibility index (Phi) is 7.45. The van der Waals surface area contributed by atoms with Crippen LogP contribution in [0.2, 0.25) is 0 Å². The van der Waals surface area contributed by atoms with Gasteiger partial charge >= 0.3 is 0 Å². The van der Waals surface area contributed by atoms with Gasteiger partial charge in [0.15, 0.2) is 17.1 Å². The number of nitrogens with zero attached hydrogens (tertiary/aromatic N) is 4. The van der Waals surface area contributed by atoms with Crippen LogP contribution in [0.5, 0.6) is 11.5 Å². The molecule has 2 heterocycles. The van der Waals surface area contributed by atoms with Crippen molar-refractivity contribution < 1.29 is 14.6 Å². The lowest BCUT2D eigenvalue weighted by Crippen LogP contribution is -2.25. The number of fused-ring (bicyclic) bond motifs is 2. The first-order valence-corrected chi connectivity index (χ1v) is 11.9. The lowest BCUT2D eigenvalue weighted by Gasteiger charge is -2.06. The van der Waals surface area contributed by atoms with Crippen LogP contribution in [-0.4, -0.2) is 45.0 Å². The number of benzene rings is 2. The number of phenols is 1. The molecule has 9 heteroatoms. The van der Waals surface area contributed by atoms with Crippen molar-refractivity contribution in [1.82, 2.24) is 20.0 Å². The van der Waals surface area contributed by atoms with E-state index in [1.807, 2.05) is 31.2 Å². The van der Waals surface area contributed by atoms with Crippen LogP contribution in [0.4, 0.5) is 5.82 Å². The highest BCUT2D eigenvalue weighted by Crippen LogP contribution is 2.29. The van der Waals surface area contributed by atoms with Crippen molar-refractivity contribution in [2.45, 2.75) is 39.5 Å². The van der Waals surface area contributed by atoms with Crippen LogP contribution in [-0.2, 0) is 0 Å². The Morgan fingerprint density at radius 1 is 1.14 bits per heavy atom. The molecule has 4 rings (SSSR count). The van der Waals surface area contributed by atoms with E-state index in [9.17, 15) is 9.90 Å². The minimum atomic E-state index is -0.300. The van der Waals surface area contributed by atoms with Gasteiger partial charge in [-0.15, -0.1) is 0 Å². The highest BCUT2D eigenvalue weighted by molar-refractivity contribution is 6.10. The number of nitrogens with one attached hydrogen (secondary N) is 1. The van der Waals surface area contributed by atoms with Crippen molar-refractivity contribution in [2.24, 2.45) is 5.10 Å². The number of nitrogens with two attached hydrogens (primary N) is 1. The number of hydrogen-bond acceptors (Lipinski definition) is 7. The quantitative estimate of drug-likeness (QED) is 0.230. The largest absolute Gasteiger partial charge is 0.504 e. The zero-order valence-corrected chi connectivity index (χ0v) is 20.0. The molecule has 0 bridgehead atoms. The van der Waals surface area contributed by atoms with Gasteiger partial charge in [0.1, 0.15) is 16.9 Å². The van der Waals surface area contributed by atoms with Crippen LogP contribution in [0.25, 0.3) is 22.2 Å². The summed E-state index contributed by atoms with van der Waals surface area (Å²) in [4.78, 5) is 22.5. The maximum absolute atomic E-state index is 13.1. The molecule has 4 N–H and O–H groups in total. The molecule has 0 unspecified atom stereocenters. The number of nitrogen functional groups attached to an aromatic ring is 1. The molecule has 1 amide bonds. The van der Waals surface area contributed by atoms with Gasteiger partial charge in [-0.05, 0) is 49.2 Å². The number of ether oxygens (including phenoxy) is 1. The summed E-state index contributed by atoms with van der Waals surface area (Å²) >= 11 is 0. The predicted molar refractivity (Wildman–Crippen MR) is 138 cm³/mol. The molecule has 0 aliphatic heterocycles. The molecule has 0 saturated carbocycles. The second kappa shape index (κ2) is 10.9. The smallest absolute Gasteiger partial charge is 0.257 e. The lowest BCUT2D eigenvalue weighted by molar-refractivity contribution is 0.0955. The molecule has 35 heavy (non-hydrogen) atoms. The van der Waals surface area contributed by atoms with Crippen molar-refractivity contribution in [3.05, 3.63) is 53.6 Å². The number of hydrogen-bond donors (Lipinski definition) is 3. The topological polar surface area (TPSA) is 128 Å². The van der Waals surface area contributed by atoms with Crippen molar-refractivity contribution in [3.8, 4) is 11.5 Å². The van der Waals surface area contributed by atoms with Gasteiger partial charge in [-0.25, -0.2) is 9.97 Å². The second-order valence-corrected chi connectivity index (χ2v) is 8.18. The fraction of sp³-hybridized carbons (Fsp3) is 0.308. The van der Waals surface area contributed by atoms with Gasteiger partial charge in [-0.1, -0.05) is 38.3 Å². The molecule has 0 spiro atoms. The minimum Gasteiger partial charge on any atom is -0.504 e. The van der Waals surface area contributed by atoms with Crippen molar-refractivity contribution in [2.75, 3.05) is 18.9 Å². The summed E-state index contributed by atoms with van der Waals surface area (Å²) in [7, 11) is 0. The van der Waals surface area contributed by atoms with E-state index in [0.29, 0.717) is 46.7 Å². The normalized spacial score (nSPS) is 11.5. The number of carbonyl (C=O) groups is 1. The standard InChI is InChI=1S/C26H30N6O3/c1-3-5-6-9-14-28-26(34)22-23-25(31-19-11-8-7-10-18(19)30-23)32(24(22)27)29-16-17-12-13-20(33)21(15-17)35-4-2/h7-8,10-13,15-16,33H,3-6,9,14,27H2,1-2H3,(H,28,34)/b29-16-. The van der Waals surface area contributed by atoms with Gasteiger partial charge in [0, 0.05) is 6.54 Å². The van der Waals surface area contributed by atoms with E-state index in [1.54, 1.807) is 18.3 Å². The summed E-state index contributed by atoms with van der Waals surface area (Å²) in [6, 6.07) is 12.4. The maximum Gasteiger partial charge on any atom is 0.257 e. The Labute approximate surface area is 203 Å². The molecule has 0 saturated heterocycles. The summed E-state index contributed by atoms with van der Waals surface area (Å²) < 4.78 is 6.88. The maximum atomic E-state index is 13.1. The predicted octanol–water partition coefficient (Wildman–Crippen LogP) is 4.46. The van der Waals surface area contributed by atoms with Gasteiger partial charge in [0.25, 0.3) is 5.91 Å². The lowest BCUT2D eigenvalue weighted by atomic mass is 10.2. The third-order valence-electron chi connectivity index (χ3n) is 5.62. The number of para-hydroxylation sites is 2. The van der Waals surface area contributed by atoms with E-state index in [1.165, 1.54) is 10.7 Å². The van der Waals surface area contributed by atoms with Gasteiger partial charge in [-0.2, -0.15) is 9.78 Å². The molecule has 9 nitrogen and oxygen atoms in total. The molecular formula is C26H30N6O3. The highest BCUT2D eigenvalue weighted by atomic mass is 16.5. The Hall–Kier alpha value is -4.14. The number of rotatable bonds is 10. The van der Waals surface area contributed by atoms with Crippen LogP contribution >= 0.6 is 0 Å². The summed E-state index contributed by atoms with van der Waals surface area (Å²) in [5.74, 6) is 0.257. The number of anilines is 1. The van der Waals surface area contributed by atoms with Crippen LogP contribution in [0.1, 0.15) is 55.5 Å². The SMILES string of the molecule is CCCCCCNC(=O)c1c(N)n(/N=C\c2ccc(O)c(OCC)c2)c2nc3ccccc3nc12. The first-order chi connectivity index (χ1) is 17.0. The van der Waals surface area contributed by atoms with E-state index < -0.39 is 0 Å². The molecule has 182 valence electrons. The summed E-state index contributed by atoms with van der Waals surface area (Å²) in [5.41, 5.74) is 9.50. The van der Waals surface area contributed by atoms with E-state index >= 15 is 0 Å². The molecule has 0 aliphatic carbocycles. The summed E-state index contributed by atoms with van der Waals surface area (Å²) in [5, 5.41) is 17.4. The number of aromatic hydroxyl groups is 1. The minimum absolute atomic E-state index is 0.0464. The van der Waals surface area contributed by atoms with Crippen LogP contribution in [0.3, 0.4) is 0 Å². The first kappa shape index (κ1) is 24.0. The van der Waals surface area contributed by atoms with Gasteiger partial charge < -0.3 is 20.9 Å². The average molecular weight is 475 g/mol. The number of aromatic nitrogens is 3. The first-order valence-electron chi connectivity index (χ1n) is 11.9. The summed E-state index contributed by atoms with van der Waals surface area (Å²) in [6.45, 7) is 4.96. The van der Waals surface area contributed by atoms with E-state index in [2.05, 4.69) is 17.3 Å². The highest BCUT2D eigenvalue weighted by Gasteiger charge is 2.23. The Bertz CT molecular complexity index is 1380. The Morgan fingerprint density at radius 2 is 1.91 bits per heavy atom. The van der Waals surface area contributed by atoms with Gasteiger partial charge in [0.2, 0.25) is 0 Å². The average Bonchev–Trinajstić information content (AvgIpc) is 3.13. The van der Waals surface area contributed by atoms with Crippen LogP contribution in [0.15, 0.2) is 47.6 Å². The monoisotopic (exact) mass is 474 g/mol. The van der Waals surface area contributed by atoms with Crippen molar-refractivity contribution >= 4 is 40.1 Å². The van der Waals surface area contributed by atoms with E-state index in [0.717, 1.165) is 25.7 Å². The molecule has 2 aromatic carbocycles.